The van der Waals surface area contributed by atoms with Gasteiger partial charge in [0.15, 0.2) is 0 Å². The highest BCUT2D eigenvalue weighted by Crippen LogP contribution is 2.40. The lowest BCUT2D eigenvalue weighted by molar-refractivity contribution is -0.144. The van der Waals surface area contributed by atoms with Crippen LogP contribution < -0.4 is 0 Å². The third kappa shape index (κ3) is 6.98. The van der Waals surface area contributed by atoms with Crippen molar-refractivity contribution in [1.29, 1.82) is 0 Å². The van der Waals surface area contributed by atoms with Gasteiger partial charge in [0.05, 0.1) is 6.61 Å². The van der Waals surface area contributed by atoms with E-state index in [-0.39, 0.29) is 22.7 Å². The number of amides is 1. The molecular formula is C26H41NO4. The molecule has 0 spiro atoms. The van der Waals surface area contributed by atoms with E-state index in [0.717, 1.165) is 29.5 Å². The number of carbonyl (C=O) groups is 2. The van der Waals surface area contributed by atoms with Crippen molar-refractivity contribution in [2.45, 2.75) is 91.4 Å². The van der Waals surface area contributed by atoms with Crippen LogP contribution in [-0.4, -0.2) is 41.6 Å². The highest BCUT2D eigenvalue weighted by atomic mass is 16.5. The molecule has 5 heteroatoms. The number of piperidine rings is 1. The summed E-state index contributed by atoms with van der Waals surface area (Å²) < 4.78 is 5.04. The summed E-state index contributed by atoms with van der Waals surface area (Å²) in [4.78, 5) is 26.4. The largest absolute Gasteiger partial charge is 0.507 e. The Morgan fingerprint density at radius 1 is 1.03 bits per heavy atom. The van der Waals surface area contributed by atoms with E-state index in [1.54, 1.807) is 0 Å². The third-order valence-corrected chi connectivity index (χ3v) is 6.14. The van der Waals surface area contributed by atoms with Gasteiger partial charge in [-0.3, -0.25) is 9.59 Å². The van der Waals surface area contributed by atoms with Crippen molar-refractivity contribution < 1.29 is 19.4 Å². The molecule has 0 aromatic heterocycles. The Kier molecular flexibility index (Phi) is 8.18. The van der Waals surface area contributed by atoms with E-state index in [1.807, 2.05) is 11.8 Å². The second-order valence-electron chi connectivity index (χ2n) is 10.9. The van der Waals surface area contributed by atoms with E-state index in [0.29, 0.717) is 50.6 Å². The zero-order valence-corrected chi connectivity index (χ0v) is 20.5. The van der Waals surface area contributed by atoms with Gasteiger partial charge in [0.2, 0.25) is 5.91 Å². The van der Waals surface area contributed by atoms with Crippen LogP contribution in [0.1, 0.15) is 90.8 Å². The van der Waals surface area contributed by atoms with Gasteiger partial charge in [0.25, 0.3) is 0 Å². The first-order chi connectivity index (χ1) is 14.3. The maximum atomic E-state index is 12.8. The molecule has 1 aliphatic heterocycles. The Morgan fingerprint density at radius 3 is 2.00 bits per heavy atom. The van der Waals surface area contributed by atoms with Crippen molar-refractivity contribution >= 4 is 11.9 Å². The number of benzene rings is 1. The van der Waals surface area contributed by atoms with Crippen LogP contribution in [0.4, 0.5) is 0 Å². The zero-order chi connectivity index (χ0) is 23.4. The van der Waals surface area contributed by atoms with Crippen LogP contribution in [-0.2, 0) is 31.6 Å². The molecule has 0 saturated carbocycles. The number of phenols is 1. The summed E-state index contributed by atoms with van der Waals surface area (Å²) in [6, 6.07) is 4.12. The summed E-state index contributed by atoms with van der Waals surface area (Å²) in [6.45, 7) is 16.3. The SMILES string of the molecule is CCOC(=O)CC1CCN(C(=O)CCc2cc(C(C)(C)C)c(O)c(C(C)(C)C)c2)CC1. The number of hydrogen-bond donors (Lipinski definition) is 1. The van der Waals surface area contributed by atoms with Gasteiger partial charge in [-0.1, -0.05) is 53.7 Å². The van der Waals surface area contributed by atoms with Gasteiger partial charge in [0.1, 0.15) is 5.75 Å². The lowest BCUT2D eigenvalue weighted by Gasteiger charge is -2.32. The minimum atomic E-state index is -0.176. The van der Waals surface area contributed by atoms with Crippen molar-refractivity contribution in [3.05, 3.63) is 28.8 Å². The lowest BCUT2D eigenvalue weighted by atomic mass is 9.78. The van der Waals surface area contributed by atoms with E-state index in [1.165, 1.54) is 0 Å². The third-order valence-electron chi connectivity index (χ3n) is 6.14. The van der Waals surface area contributed by atoms with Gasteiger partial charge >= 0.3 is 5.97 Å². The number of ether oxygens (including phenoxy) is 1. The predicted octanol–water partition coefficient (Wildman–Crippen LogP) is 5.11. The minimum Gasteiger partial charge on any atom is -0.507 e. The van der Waals surface area contributed by atoms with Gasteiger partial charge < -0.3 is 14.7 Å². The summed E-state index contributed by atoms with van der Waals surface area (Å²) in [5, 5.41) is 10.9. The topological polar surface area (TPSA) is 66.8 Å². The van der Waals surface area contributed by atoms with Crippen LogP contribution in [0.5, 0.6) is 5.75 Å². The van der Waals surface area contributed by atoms with Crippen LogP contribution in [0, 0.1) is 5.92 Å². The van der Waals surface area contributed by atoms with Crippen molar-refractivity contribution in [3.63, 3.8) is 0 Å². The van der Waals surface area contributed by atoms with Crippen LogP contribution >= 0.6 is 0 Å². The summed E-state index contributed by atoms with van der Waals surface area (Å²) >= 11 is 0. The van der Waals surface area contributed by atoms with Gasteiger partial charge in [-0.2, -0.15) is 0 Å². The predicted molar refractivity (Wildman–Crippen MR) is 124 cm³/mol. The molecule has 0 radical (unpaired) electrons. The number of carbonyl (C=O) groups excluding carboxylic acids is 2. The summed E-state index contributed by atoms with van der Waals surface area (Å²) in [6.07, 6.45) is 3.28. The molecule has 0 unspecified atom stereocenters. The fourth-order valence-electron chi connectivity index (χ4n) is 4.23. The Balaban J connectivity index is 2.01. The highest BCUT2D eigenvalue weighted by molar-refractivity contribution is 5.76. The van der Waals surface area contributed by atoms with E-state index < -0.39 is 0 Å². The molecule has 1 aromatic carbocycles. The molecule has 1 amide bonds. The summed E-state index contributed by atoms with van der Waals surface area (Å²) in [7, 11) is 0. The number of rotatable bonds is 6. The Bertz CT molecular complexity index is 743. The van der Waals surface area contributed by atoms with Gasteiger partial charge in [-0.15, -0.1) is 0 Å². The van der Waals surface area contributed by atoms with Crippen LogP contribution in [0.25, 0.3) is 0 Å². The van der Waals surface area contributed by atoms with Crippen LogP contribution in [0.3, 0.4) is 0 Å². The number of aryl methyl sites for hydroxylation is 1. The Hall–Kier alpha value is -2.04. The van der Waals surface area contributed by atoms with Crippen molar-refractivity contribution in [1.82, 2.24) is 4.90 Å². The first-order valence-corrected chi connectivity index (χ1v) is 11.6. The number of phenolic OH excluding ortho intramolecular Hbond substituents is 1. The first kappa shape index (κ1) is 25.2. The molecule has 5 nitrogen and oxygen atoms in total. The van der Waals surface area contributed by atoms with E-state index >= 15 is 0 Å². The van der Waals surface area contributed by atoms with Crippen molar-refractivity contribution in [2.75, 3.05) is 19.7 Å². The molecule has 2 rings (SSSR count). The molecular weight excluding hydrogens is 390 g/mol. The molecule has 1 saturated heterocycles. The fraction of sp³-hybridized carbons (Fsp3) is 0.692. The van der Waals surface area contributed by atoms with Crippen molar-refractivity contribution in [2.24, 2.45) is 5.92 Å². The van der Waals surface area contributed by atoms with E-state index in [2.05, 4.69) is 53.7 Å². The lowest BCUT2D eigenvalue weighted by Crippen LogP contribution is -2.39. The number of hydrogen-bond acceptors (Lipinski definition) is 4. The standard InChI is InChI=1S/C26H41NO4/c1-8-31-23(29)17-18-11-13-27(14-12-18)22(28)10-9-19-15-20(25(2,3)4)24(30)21(16-19)26(5,6)7/h15-16,18,30H,8-14,17H2,1-7H3. The first-order valence-electron chi connectivity index (χ1n) is 11.6. The van der Waals surface area contributed by atoms with Crippen LogP contribution in [0.2, 0.25) is 0 Å². The number of esters is 1. The van der Waals surface area contributed by atoms with Gasteiger partial charge in [-0.05, 0) is 59.6 Å². The average molecular weight is 432 g/mol. The Morgan fingerprint density at radius 2 is 1.55 bits per heavy atom. The highest BCUT2D eigenvalue weighted by Gasteiger charge is 2.28. The monoisotopic (exact) mass is 431 g/mol. The van der Waals surface area contributed by atoms with Gasteiger partial charge in [-0.25, -0.2) is 0 Å². The summed E-state index contributed by atoms with van der Waals surface area (Å²) in [5.41, 5.74) is 2.61. The van der Waals surface area contributed by atoms with Gasteiger partial charge in [0, 0.05) is 25.9 Å². The van der Waals surface area contributed by atoms with Crippen molar-refractivity contribution in [3.8, 4) is 5.75 Å². The second-order valence-corrected chi connectivity index (χ2v) is 10.9. The smallest absolute Gasteiger partial charge is 0.306 e. The van der Waals surface area contributed by atoms with Crippen LogP contribution in [0.15, 0.2) is 12.1 Å². The number of likely N-dealkylation sites (tertiary alicyclic amines) is 1. The minimum absolute atomic E-state index is 0.135. The fourth-order valence-corrected chi connectivity index (χ4v) is 4.23. The molecule has 174 valence electrons. The normalized spacial score (nSPS) is 15.8. The molecule has 1 N–H and O–H groups in total. The van der Waals surface area contributed by atoms with E-state index in [9.17, 15) is 14.7 Å². The molecule has 0 aliphatic carbocycles. The molecule has 1 fully saturated rings. The molecule has 1 heterocycles. The summed E-state index contributed by atoms with van der Waals surface area (Å²) in [5.74, 6) is 0.712. The Labute approximate surface area is 188 Å². The molecule has 1 aliphatic rings. The molecule has 0 bridgehead atoms. The quantitative estimate of drug-likeness (QED) is 0.636. The van der Waals surface area contributed by atoms with E-state index in [4.69, 9.17) is 4.74 Å². The average Bonchev–Trinajstić information content (AvgIpc) is 2.65. The zero-order valence-electron chi connectivity index (χ0n) is 20.5. The molecule has 0 atom stereocenters. The maximum Gasteiger partial charge on any atom is 0.306 e. The number of nitrogens with zero attached hydrogens (tertiary/aromatic N) is 1. The molecule has 31 heavy (non-hydrogen) atoms. The maximum absolute atomic E-state index is 12.8. The second kappa shape index (κ2) is 10.1. The molecule has 1 aromatic rings. The number of aromatic hydroxyl groups is 1.